The number of halogens is 1. The maximum absolute atomic E-state index is 5.87. The van der Waals surface area contributed by atoms with Gasteiger partial charge in [0.05, 0.1) is 25.4 Å². The van der Waals surface area contributed by atoms with Gasteiger partial charge in [-0.3, -0.25) is 0 Å². The van der Waals surface area contributed by atoms with Crippen LogP contribution in [0.4, 0.5) is 0 Å². The number of rotatable bonds is 10. The van der Waals surface area contributed by atoms with E-state index in [0.717, 1.165) is 23.6 Å². The van der Waals surface area contributed by atoms with Crippen LogP contribution in [0.3, 0.4) is 0 Å². The topological polar surface area (TPSA) is 93.8 Å². The third-order valence-corrected chi connectivity index (χ3v) is 4.52. The molecule has 0 aliphatic carbocycles. The Kier molecular flexibility index (Phi) is 10.9. The Balaban J connectivity index is 0.00000385. The highest BCUT2D eigenvalue weighted by molar-refractivity contribution is 14.0. The largest absolute Gasteiger partial charge is 0.490 e. The molecule has 1 aromatic carbocycles. The number of benzene rings is 1. The normalized spacial score (nSPS) is 11.1. The Morgan fingerprint density at radius 3 is 2.52 bits per heavy atom. The Morgan fingerprint density at radius 2 is 1.88 bits per heavy atom. The van der Waals surface area contributed by atoms with Gasteiger partial charge >= 0.3 is 0 Å². The van der Waals surface area contributed by atoms with Gasteiger partial charge in [-0.1, -0.05) is 37.2 Å². The van der Waals surface area contributed by atoms with Gasteiger partial charge in [0.15, 0.2) is 23.2 Å². The summed E-state index contributed by atoms with van der Waals surface area (Å²) in [7, 11) is 0. The van der Waals surface area contributed by atoms with E-state index < -0.39 is 0 Å². The number of guanidine groups is 1. The Bertz CT molecular complexity index is 1010. The molecule has 0 bridgehead atoms. The zero-order chi connectivity index (χ0) is 22.8. The van der Waals surface area contributed by atoms with Gasteiger partial charge in [0.25, 0.3) is 0 Å². The van der Waals surface area contributed by atoms with Crippen molar-refractivity contribution in [1.82, 2.24) is 20.8 Å². The molecule has 0 spiro atoms. The fraction of sp³-hybridized carbons (Fsp3) is 0.375. The average Bonchev–Trinajstić information content (AvgIpc) is 3.28. The minimum absolute atomic E-state index is 0. The van der Waals surface area contributed by atoms with E-state index in [4.69, 9.17) is 14.0 Å². The highest BCUT2D eigenvalue weighted by Gasteiger charge is 2.09. The average molecular weight is 565 g/mol. The van der Waals surface area contributed by atoms with Crippen molar-refractivity contribution in [3.05, 3.63) is 65.7 Å². The summed E-state index contributed by atoms with van der Waals surface area (Å²) in [5.41, 5.74) is 1.91. The zero-order valence-corrected chi connectivity index (χ0v) is 21.8. The molecule has 0 radical (unpaired) electrons. The third-order valence-electron chi connectivity index (χ3n) is 4.52. The first-order valence-electron chi connectivity index (χ1n) is 10.9. The molecule has 9 heteroatoms. The Hall–Kier alpha value is -2.82. The summed E-state index contributed by atoms with van der Waals surface area (Å²) in [6.07, 6.45) is 1.76. The maximum Gasteiger partial charge on any atom is 0.219 e. The van der Waals surface area contributed by atoms with Crippen LogP contribution in [0.15, 0.2) is 58.2 Å². The highest BCUT2D eigenvalue weighted by Crippen LogP contribution is 2.30. The van der Waals surface area contributed by atoms with Crippen molar-refractivity contribution >= 4 is 29.9 Å². The van der Waals surface area contributed by atoms with Crippen LogP contribution in [-0.2, 0) is 13.1 Å². The summed E-state index contributed by atoms with van der Waals surface area (Å²) in [6, 6.07) is 13.3. The molecule has 0 fully saturated rings. The van der Waals surface area contributed by atoms with Gasteiger partial charge in [0.2, 0.25) is 5.88 Å². The van der Waals surface area contributed by atoms with Crippen molar-refractivity contribution in [3.8, 4) is 17.4 Å². The van der Waals surface area contributed by atoms with Crippen molar-refractivity contribution in [2.75, 3.05) is 13.2 Å². The zero-order valence-electron chi connectivity index (χ0n) is 19.5. The predicted octanol–water partition coefficient (Wildman–Crippen LogP) is 5.26. The second-order valence-corrected chi connectivity index (χ2v) is 7.41. The lowest BCUT2D eigenvalue weighted by Crippen LogP contribution is -2.36. The van der Waals surface area contributed by atoms with Crippen molar-refractivity contribution in [2.24, 2.45) is 4.99 Å². The van der Waals surface area contributed by atoms with Crippen LogP contribution in [0.2, 0.25) is 0 Å². The molecule has 2 heterocycles. The first kappa shape index (κ1) is 26.4. The second kappa shape index (κ2) is 13.7. The fourth-order valence-corrected chi connectivity index (χ4v) is 2.85. The molecule has 0 aliphatic rings. The molecule has 0 unspecified atom stereocenters. The number of aliphatic imine (C=N–C) groups is 1. The van der Waals surface area contributed by atoms with Crippen molar-refractivity contribution in [3.63, 3.8) is 0 Å². The molecule has 0 amide bonds. The number of hydrogen-bond acceptors (Lipinski definition) is 6. The van der Waals surface area contributed by atoms with E-state index in [1.807, 2.05) is 56.3 Å². The number of nitrogens with zero attached hydrogens (tertiary/aromatic N) is 3. The molecule has 0 atom stereocenters. The Morgan fingerprint density at radius 1 is 1.09 bits per heavy atom. The lowest BCUT2D eigenvalue weighted by atomic mass is 10.1. The monoisotopic (exact) mass is 565 g/mol. The van der Waals surface area contributed by atoms with E-state index in [0.29, 0.717) is 49.0 Å². The van der Waals surface area contributed by atoms with Crippen LogP contribution in [0.5, 0.6) is 17.4 Å². The van der Waals surface area contributed by atoms with Crippen molar-refractivity contribution < 1.29 is 14.0 Å². The minimum atomic E-state index is 0. The fourth-order valence-electron chi connectivity index (χ4n) is 2.85. The highest BCUT2D eigenvalue weighted by atomic mass is 127. The van der Waals surface area contributed by atoms with Crippen LogP contribution in [0.25, 0.3) is 0 Å². The molecule has 2 N–H and O–H groups in total. The number of aromatic nitrogens is 2. The number of pyridine rings is 1. The quantitative estimate of drug-likeness (QED) is 0.197. The molecule has 8 nitrogen and oxygen atoms in total. The summed E-state index contributed by atoms with van der Waals surface area (Å²) in [5.74, 6) is 3.64. The van der Waals surface area contributed by atoms with Crippen LogP contribution in [-0.4, -0.2) is 29.3 Å². The van der Waals surface area contributed by atoms with Gasteiger partial charge in [0.1, 0.15) is 0 Å². The van der Waals surface area contributed by atoms with Gasteiger partial charge in [-0.2, -0.15) is 0 Å². The number of para-hydroxylation sites is 2. The van der Waals surface area contributed by atoms with Crippen molar-refractivity contribution in [2.45, 2.75) is 46.7 Å². The molecular formula is C24H32IN5O3. The smallest absolute Gasteiger partial charge is 0.219 e. The molecule has 33 heavy (non-hydrogen) atoms. The Labute approximate surface area is 212 Å². The summed E-state index contributed by atoms with van der Waals surface area (Å²) in [6.45, 7) is 10.4. The summed E-state index contributed by atoms with van der Waals surface area (Å²) in [5, 5.41) is 10.6. The molecule has 0 saturated heterocycles. The predicted molar refractivity (Wildman–Crippen MR) is 140 cm³/mol. The maximum atomic E-state index is 5.87. The first-order chi connectivity index (χ1) is 15.6. The first-order valence-corrected chi connectivity index (χ1v) is 10.9. The molecule has 3 rings (SSSR count). The minimum Gasteiger partial charge on any atom is -0.490 e. The van der Waals surface area contributed by atoms with E-state index in [1.54, 1.807) is 6.20 Å². The number of ether oxygens (including phenoxy) is 2. The number of hydrogen-bond donors (Lipinski definition) is 2. The van der Waals surface area contributed by atoms with E-state index in [-0.39, 0.29) is 24.0 Å². The molecule has 3 aromatic rings. The summed E-state index contributed by atoms with van der Waals surface area (Å²) >= 11 is 0. The van der Waals surface area contributed by atoms with Crippen LogP contribution < -0.4 is 20.1 Å². The van der Waals surface area contributed by atoms with E-state index in [9.17, 15) is 0 Å². The van der Waals surface area contributed by atoms with Gasteiger partial charge < -0.3 is 24.6 Å². The lowest BCUT2D eigenvalue weighted by molar-refractivity contribution is 0.319. The molecule has 178 valence electrons. The van der Waals surface area contributed by atoms with Gasteiger partial charge in [-0.15, -0.1) is 24.0 Å². The molecular weight excluding hydrogens is 533 g/mol. The van der Waals surface area contributed by atoms with E-state index in [2.05, 4.69) is 39.6 Å². The molecule has 0 aliphatic heterocycles. The third kappa shape index (κ3) is 8.23. The van der Waals surface area contributed by atoms with Gasteiger partial charge in [-0.25, -0.2) is 9.98 Å². The standard InChI is InChI=1S/C24H31N5O3.HI/c1-5-25-24(28-16-19-13-20(17(3)4)29-32-19)27-15-18-11-12-23(26-14-18)31-22-10-8-7-9-21(22)30-6-2;/h7-14,17H,5-6,15-16H2,1-4H3,(H2,25,27,28);1H. The SMILES string of the molecule is CCNC(=NCc1ccc(Oc2ccccc2OCC)nc1)NCc1cc(C(C)C)no1.I. The van der Waals surface area contributed by atoms with E-state index in [1.165, 1.54) is 0 Å². The van der Waals surface area contributed by atoms with Gasteiger partial charge in [-0.05, 0) is 37.5 Å². The van der Waals surface area contributed by atoms with E-state index >= 15 is 0 Å². The van der Waals surface area contributed by atoms with Crippen LogP contribution in [0.1, 0.15) is 50.6 Å². The number of nitrogens with one attached hydrogen (secondary N) is 2. The van der Waals surface area contributed by atoms with Gasteiger partial charge in [0, 0.05) is 24.9 Å². The molecule has 2 aromatic heterocycles. The van der Waals surface area contributed by atoms with Crippen molar-refractivity contribution in [1.29, 1.82) is 0 Å². The lowest BCUT2D eigenvalue weighted by Gasteiger charge is -2.11. The summed E-state index contributed by atoms with van der Waals surface area (Å²) in [4.78, 5) is 9.03. The second-order valence-electron chi connectivity index (χ2n) is 7.41. The molecule has 0 saturated carbocycles. The van der Waals surface area contributed by atoms with Crippen LogP contribution in [0, 0.1) is 0 Å². The summed E-state index contributed by atoms with van der Waals surface area (Å²) < 4.78 is 16.8. The van der Waals surface area contributed by atoms with Crippen LogP contribution >= 0.6 is 24.0 Å².